The number of hydrogen-bond donors (Lipinski definition) is 2. The molecule has 0 spiro atoms. The molecule has 0 unspecified atom stereocenters. The summed E-state index contributed by atoms with van der Waals surface area (Å²) in [6.07, 6.45) is 4.91. The first kappa shape index (κ1) is 20.5. The van der Waals surface area contributed by atoms with Crippen LogP contribution in [0.15, 0.2) is 30.3 Å². The summed E-state index contributed by atoms with van der Waals surface area (Å²) >= 11 is 0. The average molecular weight is 359 g/mol. The molecule has 144 valence electrons. The van der Waals surface area contributed by atoms with E-state index >= 15 is 0 Å². The number of rotatable bonds is 7. The first-order valence-corrected chi connectivity index (χ1v) is 10.1. The van der Waals surface area contributed by atoms with E-state index in [0.717, 1.165) is 37.7 Å². The van der Waals surface area contributed by atoms with Crippen LogP contribution in [0.4, 0.5) is 0 Å². The molecular weight excluding hydrogens is 324 g/mol. The molecular formula is C22H34N2O2. The number of amides is 2. The summed E-state index contributed by atoms with van der Waals surface area (Å²) in [4.78, 5) is 25.6. The molecule has 2 rings (SSSR count). The molecule has 1 fully saturated rings. The standard InChI is InChI=1S/C22H34N2O2/c1-5-16(3)20(24-21(25)19-13-11-15(2)12-14-19)22(26)23-17(4)18-9-7-6-8-10-18/h6-10,15-17,19-20H,5,11-14H2,1-4H3,(H,23,26)(H,24,25)/t15?,16-,17+,19?,20-/m0/s1. The molecule has 26 heavy (non-hydrogen) atoms. The minimum Gasteiger partial charge on any atom is -0.348 e. The fraction of sp³-hybridized carbons (Fsp3) is 0.636. The van der Waals surface area contributed by atoms with Crippen LogP contribution < -0.4 is 10.6 Å². The second kappa shape index (κ2) is 9.75. The number of nitrogens with one attached hydrogen (secondary N) is 2. The van der Waals surface area contributed by atoms with E-state index in [1.165, 1.54) is 0 Å². The van der Waals surface area contributed by atoms with Crippen LogP contribution in [0.25, 0.3) is 0 Å². The Hall–Kier alpha value is -1.84. The Morgan fingerprint density at radius 2 is 1.65 bits per heavy atom. The first-order chi connectivity index (χ1) is 12.4. The molecule has 2 N–H and O–H groups in total. The second-order valence-corrected chi connectivity index (χ2v) is 7.97. The molecule has 3 atom stereocenters. The van der Waals surface area contributed by atoms with Crippen molar-refractivity contribution >= 4 is 11.8 Å². The zero-order valence-corrected chi connectivity index (χ0v) is 16.6. The van der Waals surface area contributed by atoms with Gasteiger partial charge in [-0.2, -0.15) is 0 Å². The van der Waals surface area contributed by atoms with E-state index in [0.29, 0.717) is 5.92 Å². The van der Waals surface area contributed by atoms with Crippen LogP contribution in [0.2, 0.25) is 0 Å². The van der Waals surface area contributed by atoms with Crippen LogP contribution >= 0.6 is 0 Å². The molecule has 1 aromatic carbocycles. The van der Waals surface area contributed by atoms with Crippen molar-refractivity contribution in [2.45, 2.75) is 71.9 Å². The van der Waals surface area contributed by atoms with E-state index in [2.05, 4.69) is 24.5 Å². The summed E-state index contributed by atoms with van der Waals surface area (Å²) in [7, 11) is 0. The van der Waals surface area contributed by atoms with Crippen molar-refractivity contribution < 1.29 is 9.59 Å². The molecule has 0 bridgehead atoms. The summed E-state index contributed by atoms with van der Waals surface area (Å²) in [5.74, 6) is 0.818. The Bertz CT molecular complexity index is 579. The molecule has 4 nitrogen and oxygen atoms in total. The molecule has 1 saturated carbocycles. The highest BCUT2D eigenvalue weighted by Gasteiger charge is 2.31. The maximum absolute atomic E-state index is 12.9. The van der Waals surface area contributed by atoms with Gasteiger partial charge in [0.05, 0.1) is 6.04 Å². The van der Waals surface area contributed by atoms with E-state index < -0.39 is 6.04 Å². The molecule has 4 heteroatoms. The van der Waals surface area contributed by atoms with Gasteiger partial charge in [-0.15, -0.1) is 0 Å². The lowest BCUT2D eigenvalue weighted by Crippen LogP contribution is -2.52. The fourth-order valence-corrected chi connectivity index (χ4v) is 3.62. The lowest BCUT2D eigenvalue weighted by molar-refractivity contribution is -0.133. The van der Waals surface area contributed by atoms with Crippen LogP contribution in [0.1, 0.15) is 71.4 Å². The Morgan fingerprint density at radius 3 is 2.23 bits per heavy atom. The maximum Gasteiger partial charge on any atom is 0.243 e. The summed E-state index contributed by atoms with van der Waals surface area (Å²) in [5.41, 5.74) is 1.07. The van der Waals surface area contributed by atoms with Gasteiger partial charge < -0.3 is 10.6 Å². The molecule has 0 aliphatic heterocycles. The number of hydrogen-bond acceptors (Lipinski definition) is 2. The second-order valence-electron chi connectivity index (χ2n) is 7.97. The van der Waals surface area contributed by atoms with Crippen LogP contribution in [0.5, 0.6) is 0 Å². The summed E-state index contributed by atoms with van der Waals surface area (Å²) in [6, 6.07) is 9.35. The Labute approximate surface area is 158 Å². The van der Waals surface area contributed by atoms with Gasteiger partial charge in [0.15, 0.2) is 0 Å². The summed E-state index contributed by atoms with van der Waals surface area (Å²) in [6.45, 7) is 8.31. The van der Waals surface area contributed by atoms with E-state index in [4.69, 9.17) is 0 Å². The largest absolute Gasteiger partial charge is 0.348 e. The van der Waals surface area contributed by atoms with E-state index in [9.17, 15) is 9.59 Å². The molecule has 0 radical (unpaired) electrons. The normalized spacial score (nSPS) is 23.5. The monoisotopic (exact) mass is 358 g/mol. The predicted molar refractivity (Wildman–Crippen MR) is 106 cm³/mol. The lowest BCUT2D eigenvalue weighted by Gasteiger charge is -2.30. The van der Waals surface area contributed by atoms with Gasteiger partial charge in [-0.25, -0.2) is 0 Å². The Balaban J connectivity index is 1.99. The molecule has 0 heterocycles. The maximum atomic E-state index is 12.9. The minimum atomic E-state index is -0.474. The number of carbonyl (C=O) groups excluding carboxylic acids is 2. The zero-order valence-electron chi connectivity index (χ0n) is 16.6. The van der Waals surface area contributed by atoms with E-state index in [-0.39, 0.29) is 29.7 Å². The number of carbonyl (C=O) groups is 2. The SMILES string of the molecule is CC[C@H](C)[C@H](NC(=O)C1CCC(C)CC1)C(=O)N[C@H](C)c1ccccc1. The van der Waals surface area contributed by atoms with Crippen LogP contribution in [0.3, 0.4) is 0 Å². The fourth-order valence-electron chi connectivity index (χ4n) is 3.62. The van der Waals surface area contributed by atoms with E-state index in [1.807, 2.05) is 44.2 Å². The minimum absolute atomic E-state index is 0.0460. The summed E-state index contributed by atoms with van der Waals surface area (Å²) < 4.78 is 0. The van der Waals surface area contributed by atoms with Gasteiger partial charge in [-0.05, 0) is 50.0 Å². The lowest BCUT2D eigenvalue weighted by atomic mass is 9.82. The predicted octanol–water partition coefficient (Wildman–Crippen LogP) is 4.22. The van der Waals surface area contributed by atoms with Crippen molar-refractivity contribution in [3.05, 3.63) is 35.9 Å². The Kier molecular flexibility index (Phi) is 7.67. The summed E-state index contributed by atoms with van der Waals surface area (Å²) in [5, 5.41) is 6.13. The van der Waals surface area contributed by atoms with E-state index in [1.54, 1.807) is 0 Å². The van der Waals surface area contributed by atoms with Crippen LogP contribution in [0, 0.1) is 17.8 Å². The molecule has 2 amide bonds. The quantitative estimate of drug-likeness (QED) is 0.767. The van der Waals surface area contributed by atoms with Gasteiger partial charge in [0.2, 0.25) is 11.8 Å². The molecule has 1 aliphatic carbocycles. The van der Waals surface area contributed by atoms with Crippen molar-refractivity contribution in [3.8, 4) is 0 Å². The van der Waals surface area contributed by atoms with Gasteiger partial charge in [-0.1, -0.05) is 57.5 Å². The topological polar surface area (TPSA) is 58.2 Å². The molecule has 1 aromatic rings. The first-order valence-electron chi connectivity index (χ1n) is 10.1. The van der Waals surface area contributed by atoms with Crippen LogP contribution in [-0.4, -0.2) is 17.9 Å². The van der Waals surface area contributed by atoms with Gasteiger partial charge in [0, 0.05) is 5.92 Å². The van der Waals surface area contributed by atoms with Gasteiger partial charge in [-0.3, -0.25) is 9.59 Å². The highest BCUT2D eigenvalue weighted by atomic mass is 16.2. The molecule has 1 aliphatic rings. The van der Waals surface area contributed by atoms with Gasteiger partial charge >= 0.3 is 0 Å². The third-order valence-electron chi connectivity index (χ3n) is 5.84. The third-order valence-corrected chi connectivity index (χ3v) is 5.84. The Morgan fingerprint density at radius 1 is 1.04 bits per heavy atom. The molecule has 0 aromatic heterocycles. The van der Waals surface area contributed by atoms with Gasteiger partial charge in [0.1, 0.15) is 6.04 Å². The van der Waals surface area contributed by atoms with Crippen molar-refractivity contribution in [1.82, 2.24) is 10.6 Å². The van der Waals surface area contributed by atoms with Crippen molar-refractivity contribution in [3.63, 3.8) is 0 Å². The third kappa shape index (κ3) is 5.58. The average Bonchev–Trinajstić information content (AvgIpc) is 2.66. The van der Waals surface area contributed by atoms with Crippen LogP contribution in [-0.2, 0) is 9.59 Å². The highest BCUT2D eigenvalue weighted by Crippen LogP contribution is 2.28. The van der Waals surface area contributed by atoms with Crippen molar-refractivity contribution in [1.29, 1.82) is 0 Å². The van der Waals surface area contributed by atoms with Crippen molar-refractivity contribution in [2.24, 2.45) is 17.8 Å². The van der Waals surface area contributed by atoms with Gasteiger partial charge in [0.25, 0.3) is 0 Å². The molecule has 0 saturated heterocycles. The highest BCUT2D eigenvalue weighted by molar-refractivity contribution is 5.89. The smallest absolute Gasteiger partial charge is 0.243 e. The zero-order chi connectivity index (χ0) is 19.1. The van der Waals surface area contributed by atoms with Crippen molar-refractivity contribution in [2.75, 3.05) is 0 Å². The number of benzene rings is 1.